The van der Waals surface area contributed by atoms with Gasteiger partial charge in [-0.25, -0.2) is 4.79 Å². The van der Waals surface area contributed by atoms with Crippen molar-refractivity contribution < 1.29 is 19.8 Å². The summed E-state index contributed by atoms with van der Waals surface area (Å²) in [5.41, 5.74) is -0.816. The minimum absolute atomic E-state index is 0.0112. The highest BCUT2D eigenvalue weighted by molar-refractivity contribution is 5.88. The van der Waals surface area contributed by atoms with E-state index < -0.39 is 17.5 Å². The first-order chi connectivity index (χ1) is 8.74. The molecule has 2 fully saturated rings. The van der Waals surface area contributed by atoms with Gasteiger partial charge in [0.2, 0.25) is 0 Å². The third-order valence-electron chi connectivity index (χ3n) is 5.62. The van der Waals surface area contributed by atoms with Crippen molar-refractivity contribution in [3.63, 3.8) is 0 Å². The van der Waals surface area contributed by atoms with Gasteiger partial charge in [-0.15, -0.1) is 0 Å². The van der Waals surface area contributed by atoms with Crippen LogP contribution in [0.5, 0.6) is 0 Å². The Kier molecular flexibility index (Phi) is 3.33. The molecule has 0 aliphatic heterocycles. The summed E-state index contributed by atoms with van der Waals surface area (Å²) in [6, 6.07) is 0. The number of ketones is 1. The Morgan fingerprint density at radius 1 is 1.26 bits per heavy atom. The summed E-state index contributed by atoms with van der Waals surface area (Å²) in [7, 11) is 0. The second kappa shape index (κ2) is 4.44. The topological polar surface area (TPSA) is 74.6 Å². The smallest absolute Gasteiger partial charge is 0.331 e. The zero-order chi connectivity index (χ0) is 14.4. The second-order valence-electron chi connectivity index (χ2n) is 6.41. The highest BCUT2D eigenvalue weighted by atomic mass is 16.4. The van der Waals surface area contributed by atoms with Crippen LogP contribution < -0.4 is 0 Å². The van der Waals surface area contributed by atoms with Crippen LogP contribution in [0.15, 0.2) is 12.2 Å². The van der Waals surface area contributed by atoms with E-state index in [4.69, 9.17) is 5.11 Å². The van der Waals surface area contributed by atoms with Crippen LogP contribution in [-0.2, 0) is 9.59 Å². The number of aliphatic hydroxyl groups is 1. The van der Waals surface area contributed by atoms with Gasteiger partial charge in [-0.2, -0.15) is 0 Å². The van der Waals surface area contributed by atoms with E-state index in [1.165, 1.54) is 6.92 Å². The molecule has 0 aromatic heterocycles. The van der Waals surface area contributed by atoms with E-state index in [0.717, 1.165) is 19.3 Å². The maximum Gasteiger partial charge on any atom is 0.331 e. The van der Waals surface area contributed by atoms with Gasteiger partial charge < -0.3 is 10.2 Å². The maximum atomic E-state index is 12.2. The largest absolute Gasteiger partial charge is 0.478 e. The summed E-state index contributed by atoms with van der Waals surface area (Å²) >= 11 is 0. The minimum atomic E-state index is -1.00. The summed E-state index contributed by atoms with van der Waals surface area (Å²) in [5, 5.41) is 19.4. The number of carbonyl (C=O) groups excluding carboxylic acids is 1. The van der Waals surface area contributed by atoms with Crippen LogP contribution in [0.3, 0.4) is 0 Å². The van der Waals surface area contributed by atoms with Gasteiger partial charge in [-0.1, -0.05) is 13.5 Å². The molecule has 4 unspecified atom stereocenters. The molecule has 2 rings (SSSR count). The Hall–Kier alpha value is -1.16. The van der Waals surface area contributed by atoms with Gasteiger partial charge in [-0.3, -0.25) is 4.79 Å². The standard InChI is InChI=1S/C15H22O4/c1-9(13(18)19)11-4-6-14(3)7-5-12(17)15(14,8-11)10(2)16/h11-12,17H,1,4-8H2,2-3H3,(H,18,19). The fourth-order valence-corrected chi connectivity index (χ4v) is 4.32. The molecule has 4 heteroatoms. The van der Waals surface area contributed by atoms with Crippen molar-refractivity contribution in [1.29, 1.82) is 0 Å². The molecule has 0 radical (unpaired) electrons. The number of hydrogen-bond donors (Lipinski definition) is 2. The summed E-state index contributed by atoms with van der Waals surface area (Å²) in [6.07, 6.45) is 2.75. The van der Waals surface area contributed by atoms with Crippen molar-refractivity contribution in [2.75, 3.05) is 0 Å². The van der Waals surface area contributed by atoms with Crippen molar-refractivity contribution in [3.8, 4) is 0 Å². The number of aliphatic hydroxyl groups excluding tert-OH is 1. The molecule has 0 spiro atoms. The van der Waals surface area contributed by atoms with E-state index >= 15 is 0 Å². The van der Waals surface area contributed by atoms with E-state index in [9.17, 15) is 14.7 Å². The first kappa shape index (κ1) is 14.3. The van der Waals surface area contributed by atoms with Gasteiger partial charge in [-0.05, 0) is 50.4 Å². The Morgan fingerprint density at radius 3 is 2.37 bits per heavy atom. The summed E-state index contributed by atoms with van der Waals surface area (Å²) in [6.45, 7) is 7.22. The summed E-state index contributed by atoms with van der Waals surface area (Å²) in [5.74, 6) is -1.22. The van der Waals surface area contributed by atoms with E-state index in [0.29, 0.717) is 12.8 Å². The van der Waals surface area contributed by atoms with Crippen LogP contribution >= 0.6 is 0 Å². The lowest BCUT2D eigenvalue weighted by Gasteiger charge is -2.50. The molecule has 4 atom stereocenters. The normalized spacial score (nSPS) is 41.6. The quantitative estimate of drug-likeness (QED) is 0.768. The van der Waals surface area contributed by atoms with Crippen LogP contribution in [-0.4, -0.2) is 28.1 Å². The lowest BCUT2D eigenvalue weighted by Crippen LogP contribution is -2.52. The third-order valence-corrected chi connectivity index (χ3v) is 5.62. The molecular weight excluding hydrogens is 244 g/mol. The van der Waals surface area contributed by atoms with E-state index in [2.05, 4.69) is 13.5 Å². The molecule has 0 heterocycles. The summed E-state index contributed by atoms with van der Waals surface area (Å²) in [4.78, 5) is 23.3. The molecule has 0 amide bonds. The molecule has 2 aliphatic carbocycles. The molecule has 2 N–H and O–H groups in total. The number of fused-ring (bicyclic) bond motifs is 1. The SMILES string of the molecule is C=C(C(=O)O)C1CCC2(C)CCC(O)C2(C(C)=O)C1. The van der Waals surface area contributed by atoms with Crippen LogP contribution in [0.4, 0.5) is 0 Å². The predicted molar refractivity (Wildman–Crippen MR) is 70.6 cm³/mol. The fourth-order valence-electron chi connectivity index (χ4n) is 4.32. The van der Waals surface area contributed by atoms with Gasteiger partial charge in [0, 0.05) is 5.57 Å². The van der Waals surface area contributed by atoms with Crippen LogP contribution in [0.1, 0.15) is 46.0 Å². The Balaban J connectivity index is 2.37. The number of hydrogen-bond acceptors (Lipinski definition) is 3. The number of carbonyl (C=O) groups is 2. The van der Waals surface area contributed by atoms with Gasteiger partial charge >= 0.3 is 5.97 Å². The van der Waals surface area contributed by atoms with Gasteiger partial charge in [0.25, 0.3) is 0 Å². The minimum Gasteiger partial charge on any atom is -0.478 e. The third kappa shape index (κ3) is 1.84. The summed E-state index contributed by atoms with van der Waals surface area (Å²) < 4.78 is 0. The molecule has 19 heavy (non-hydrogen) atoms. The molecule has 2 saturated carbocycles. The van der Waals surface area contributed by atoms with Gasteiger partial charge in [0.15, 0.2) is 0 Å². The zero-order valence-electron chi connectivity index (χ0n) is 11.6. The second-order valence-corrected chi connectivity index (χ2v) is 6.41. The van der Waals surface area contributed by atoms with Crippen LogP contribution in [0.25, 0.3) is 0 Å². The van der Waals surface area contributed by atoms with Crippen molar-refractivity contribution in [3.05, 3.63) is 12.2 Å². The monoisotopic (exact) mass is 266 g/mol. The molecule has 4 nitrogen and oxygen atoms in total. The molecule has 0 bridgehead atoms. The average Bonchev–Trinajstić information content (AvgIpc) is 2.61. The molecule has 106 valence electrons. The van der Waals surface area contributed by atoms with Crippen LogP contribution in [0, 0.1) is 16.7 Å². The van der Waals surface area contributed by atoms with Gasteiger partial charge in [0.05, 0.1) is 11.5 Å². The number of aliphatic carboxylic acids is 1. The predicted octanol–water partition coefficient (Wildman–Crippen LogP) is 2.16. The van der Waals surface area contributed by atoms with Crippen molar-refractivity contribution in [2.24, 2.45) is 16.7 Å². The lowest BCUT2D eigenvalue weighted by molar-refractivity contribution is -0.148. The maximum absolute atomic E-state index is 12.2. The average molecular weight is 266 g/mol. The highest BCUT2D eigenvalue weighted by Crippen LogP contribution is 2.63. The Bertz CT molecular complexity index is 441. The first-order valence-corrected chi connectivity index (χ1v) is 6.86. The Labute approximate surface area is 113 Å². The first-order valence-electron chi connectivity index (χ1n) is 6.86. The Morgan fingerprint density at radius 2 is 1.84 bits per heavy atom. The molecule has 2 aliphatic rings. The van der Waals surface area contributed by atoms with Crippen molar-refractivity contribution >= 4 is 11.8 Å². The highest BCUT2D eigenvalue weighted by Gasteiger charge is 2.62. The van der Waals surface area contributed by atoms with Crippen molar-refractivity contribution in [2.45, 2.75) is 52.1 Å². The molecule has 0 aromatic rings. The van der Waals surface area contributed by atoms with Crippen molar-refractivity contribution in [1.82, 2.24) is 0 Å². The molecule has 0 saturated heterocycles. The van der Waals surface area contributed by atoms with Gasteiger partial charge in [0.1, 0.15) is 5.78 Å². The number of carboxylic acid groups (broad SMARTS) is 1. The molecule has 0 aromatic carbocycles. The number of carboxylic acids is 1. The molecular formula is C15H22O4. The zero-order valence-corrected chi connectivity index (χ0v) is 11.6. The fraction of sp³-hybridized carbons (Fsp3) is 0.733. The van der Waals surface area contributed by atoms with Crippen LogP contribution in [0.2, 0.25) is 0 Å². The number of rotatable bonds is 3. The number of Topliss-reactive ketones (excluding diaryl/α,β-unsaturated/α-hetero) is 1. The van der Waals surface area contributed by atoms with E-state index in [-0.39, 0.29) is 22.7 Å². The lowest BCUT2D eigenvalue weighted by atomic mass is 9.53. The van der Waals surface area contributed by atoms with E-state index in [1.54, 1.807) is 0 Å². The van der Waals surface area contributed by atoms with E-state index in [1.807, 2.05) is 0 Å².